The fourth-order valence-corrected chi connectivity index (χ4v) is 0.807. The molecule has 0 radical (unpaired) electrons. The van der Waals surface area contributed by atoms with Crippen molar-refractivity contribution in [3.8, 4) is 0 Å². The molecule has 0 aromatic heterocycles. The van der Waals surface area contributed by atoms with Crippen molar-refractivity contribution in [1.29, 1.82) is 0 Å². The number of nitrogens with one attached hydrogen (secondary N) is 1. The Bertz CT molecular complexity index is 189. The Labute approximate surface area is 71.3 Å². The highest BCUT2D eigenvalue weighted by Gasteiger charge is 2.30. The van der Waals surface area contributed by atoms with Crippen LogP contribution in [0.2, 0.25) is 0 Å². The molecule has 1 fully saturated rings. The van der Waals surface area contributed by atoms with E-state index < -0.39 is 0 Å². The van der Waals surface area contributed by atoms with Crippen LogP contribution < -0.4 is 11.1 Å². The summed E-state index contributed by atoms with van der Waals surface area (Å²) in [5, 5.41) is 2.74. The molecule has 1 rings (SSSR count). The van der Waals surface area contributed by atoms with E-state index in [9.17, 15) is 4.79 Å². The zero-order chi connectivity index (χ0) is 8.43. The predicted molar refractivity (Wildman–Crippen MR) is 47.1 cm³/mol. The average molecular weight is 172 g/mol. The number of nitrogens with two attached hydrogens (primary N) is 1. The summed E-state index contributed by atoms with van der Waals surface area (Å²) >= 11 is 4.71. The van der Waals surface area contributed by atoms with Crippen LogP contribution in [-0.4, -0.2) is 16.9 Å². The monoisotopic (exact) mass is 172 g/mol. The molecule has 4 heteroatoms. The molecule has 1 atom stereocenters. The Balaban J connectivity index is 2.28. The minimum atomic E-state index is -0.168. The van der Waals surface area contributed by atoms with Gasteiger partial charge >= 0.3 is 0 Å². The van der Waals surface area contributed by atoms with Crippen LogP contribution in [0.1, 0.15) is 19.8 Å². The van der Waals surface area contributed by atoms with E-state index in [1.165, 1.54) is 0 Å². The third kappa shape index (κ3) is 2.46. The highest BCUT2D eigenvalue weighted by molar-refractivity contribution is 7.80. The van der Waals surface area contributed by atoms with E-state index in [4.69, 9.17) is 18.0 Å². The van der Waals surface area contributed by atoms with Crippen molar-refractivity contribution < 1.29 is 4.79 Å². The molecule has 0 bridgehead atoms. The van der Waals surface area contributed by atoms with Crippen molar-refractivity contribution in [1.82, 2.24) is 5.32 Å². The lowest BCUT2D eigenvalue weighted by Gasteiger charge is -2.10. The standard InChI is InChI=1S/C7H12N2OS/c1-4(6(8)11)9-7(10)5-2-3-5/h4-5H,2-3H2,1H3,(H2,8,11)(H,9,10). The van der Waals surface area contributed by atoms with Crippen molar-refractivity contribution in [2.24, 2.45) is 11.7 Å². The maximum absolute atomic E-state index is 11.1. The molecule has 0 aromatic rings. The zero-order valence-electron chi connectivity index (χ0n) is 6.46. The smallest absolute Gasteiger partial charge is 0.223 e. The Morgan fingerprint density at radius 2 is 2.27 bits per heavy atom. The number of carbonyl (C=O) groups excluding carboxylic acids is 1. The first-order valence-corrected chi connectivity index (χ1v) is 4.12. The van der Waals surface area contributed by atoms with E-state index in [0.29, 0.717) is 4.99 Å². The topological polar surface area (TPSA) is 55.1 Å². The van der Waals surface area contributed by atoms with E-state index in [1.54, 1.807) is 6.92 Å². The van der Waals surface area contributed by atoms with Crippen molar-refractivity contribution >= 4 is 23.1 Å². The molecule has 62 valence electrons. The van der Waals surface area contributed by atoms with Gasteiger partial charge in [0.15, 0.2) is 0 Å². The lowest BCUT2D eigenvalue weighted by atomic mass is 10.3. The van der Waals surface area contributed by atoms with Crippen LogP contribution in [-0.2, 0) is 4.79 Å². The summed E-state index contributed by atoms with van der Waals surface area (Å²) in [6.07, 6.45) is 2.02. The zero-order valence-corrected chi connectivity index (χ0v) is 7.28. The van der Waals surface area contributed by atoms with Crippen LogP contribution in [0.5, 0.6) is 0 Å². The summed E-state index contributed by atoms with van der Waals surface area (Å²) in [7, 11) is 0. The quantitative estimate of drug-likeness (QED) is 0.597. The molecule has 0 spiro atoms. The minimum Gasteiger partial charge on any atom is -0.392 e. The lowest BCUT2D eigenvalue weighted by molar-refractivity contribution is -0.122. The maximum Gasteiger partial charge on any atom is 0.223 e. The predicted octanol–water partition coefficient (Wildman–Crippen LogP) is 0.187. The second-order valence-electron chi connectivity index (χ2n) is 2.91. The van der Waals surface area contributed by atoms with Gasteiger partial charge in [0, 0.05) is 5.92 Å². The summed E-state index contributed by atoms with van der Waals surface area (Å²) in [5.41, 5.74) is 5.32. The summed E-state index contributed by atoms with van der Waals surface area (Å²) in [6, 6.07) is -0.168. The van der Waals surface area contributed by atoms with Gasteiger partial charge in [-0.3, -0.25) is 4.79 Å². The van der Waals surface area contributed by atoms with Gasteiger partial charge in [-0.2, -0.15) is 0 Å². The van der Waals surface area contributed by atoms with E-state index >= 15 is 0 Å². The van der Waals surface area contributed by atoms with E-state index in [0.717, 1.165) is 12.8 Å². The van der Waals surface area contributed by atoms with E-state index in [-0.39, 0.29) is 17.9 Å². The minimum absolute atomic E-state index is 0.0882. The van der Waals surface area contributed by atoms with Gasteiger partial charge < -0.3 is 11.1 Å². The average Bonchev–Trinajstić information content (AvgIpc) is 2.67. The second-order valence-corrected chi connectivity index (χ2v) is 3.38. The molecule has 3 nitrogen and oxygen atoms in total. The first kappa shape index (κ1) is 8.46. The summed E-state index contributed by atoms with van der Waals surface area (Å²) in [4.78, 5) is 11.4. The van der Waals surface area contributed by atoms with Gasteiger partial charge in [-0.15, -0.1) is 0 Å². The van der Waals surface area contributed by atoms with Crippen LogP contribution in [0.15, 0.2) is 0 Å². The molecule has 0 aromatic carbocycles. The van der Waals surface area contributed by atoms with Gasteiger partial charge in [0.1, 0.15) is 0 Å². The van der Waals surface area contributed by atoms with E-state index in [1.807, 2.05) is 0 Å². The van der Waals surface area contributed by atoms with Crippen LogP contribution in [0.3, 0.4) is 0 Å². The summed E-state index contributed by atoms with van der Waals surface area (Å²) in [5.74, 6) is 0.317. The van der Waals surface area contributed by atoms with Gasteiger partial charge in [-0.25, -0.2) is 0 Å². The summed E-state index contributed by atoms with van der Waals surface area (Å²) in [6.45, 7) is 1.79. The lowest BCUT2D eigenvalue weighted by Crippen LogP contribution is -2.41. The molecule has 3 N–H and O–H groups in total. The van der Waals surface area contributed by atoms with Crippen molar-refractivity contribution in [3.05, 3.63) is 0 Å². The fourth-order valence-electron chi connectivity index (χ4n) is 0.748. The maximum atomic E-state index is 11.1. The molecule has 11 heavy (non-hydrogen) atoms. The Kier molecular flexibility index (Phi) is 2.44. The second kappa shape index (κ2) is 3.17. The molecular weight excluding hydrogens is 160 g/mol. The highest BCUT2D eigenvalue weighted by atomic mass is 32.1. The largest absolute Gasteiger partial charge is 0.392 e. The molecule has 1 aliphatic rings. The highest BCUT2D eigenvalue weighted by Crippen LogP contribution is 2.28. The van der Waals surface area contributed by atoms with Crippen molar-refractivity contribution in [2.45, 2.75) is 25.8 Å². The number of amides is 1. The number of rotatable bonds is 3. The summed E-state index contributed by atoms with van der Waals surface area (Å²) < 4.78 is 0. The van der Waals surface area contributed by atoms with Gasteiger partial charge in [-0.1, -0.05) is 12.2 Å². The first-order chi connectivity index (χ1) is 5.11. The molecule has 1 unspecified atom stereocenters. The third-order valence-corrected chi connectivity index (χ3v) is 2.09. The van der Waals surface area contributed by atoms with Crippen molar-refractivity contribution in [2.75, 3.05) is 0 Å². The fraction of sp³-hybridized carbons (Fsp3) is 0.714. The molecule has 1 aliphatic carbocycles. The van der Waals surface area contributed by atoms with Gasteiger partial charge in [0.25, 0.3) is 0 Å². The van der Waals surface area contributed by atoms with Gasteiger partial charge in [-0.05, 0) is 19.8 Å². The molecule has 1 amide bonds. The Morgan fingerprint density at radius 1 is 1.73 bits per heavy atom. The first-order valence-electron chi connectivity index (χ1n) is 3.71. The van der Waals surface area contributed by atoms with Crippen molar-refractivity contribution in [3.63, 3.8) is 0 Å². The van der Waals surface area contributed by atoms with Crippen LogP contribution in [0.4, 0.5) is 0 Å². The SMILES string of the molecule is CC(NC(=O)C1CC1)C(N)=S. The molecule has 0 heterocycles. The van der Waals surface area contributed by atoms with E-state index in [2.05, 4.69) is 5.32 Å². The Hall–Kier alpha value is -0.640. The molecule has 0 aliphatic heterocycles. The Morgan fingerprint density at radius 3 is 2.64 bits per heavy atom. The van der Waals surface area contributed by atoms with Crippen LogP contribution >= 0.6 is 12.2 Å². The normalized spacial score (nSPS) is 19.0. The van der Waals surface area contributed by atoms with Crippen LogP contribution in [0, 0.1) is 5.92 Å². The van der Waals surface area contributed by atoms with Gasteiger partial charge in [0.05, 0.1) is 11.0 Å². The molecular formula is C7H12N2OS. The number of carbonyl (C=O) groups is 1. The van der Waals surface area contributed by atoms with Crippen LogP contribution in [0.25, 0.3) is 0 Å². The number of hydrogen-bond donors (Lipinski definition) is 2. The third-order valence-electron chi connectivity index (χ3n) is 1.73. The molecule has 1 saturated carbocycles. The van der Waals surface area contributed by atoms with Gasteiger partial charge in [0.2, 0.25) is 5.91 Å². The molecule has 0 saturated heterocycles. The number of thiocarbonyl (C=S) groups is 1. The number of hydrogen-bond acceptors (Lipinski definition) is 2.